The minimum atomic E-state index is -0.135. The van der Waals surface area contributed by atoms with Crippen LogP contribution in [0.15, 0.2) is 30.6 Å². The van der Waals surface area contributed by atoms with Crippen LogP contribution in [0.4, 0.5) is 0 Å². The van der Waals surface area contributed by atoms with Gasteiger partial charge in [-0.2, -0.15) is 0 Å². The number of nitrogens with one attached hydrogen (secondary N) is 1. The smallest absolute Gasteiger partial charge is 0.253 e. The molecule has 0 radical (unpaired) electrons. The summed E-state index contributed by atoms with van der Waals surface area (Å²) in [4.78, 5) is 20.3. The summed E-state index contributed by atoms with van der Waals surface area (Å²) >= 11 is 0. The molecule has 5 nitrogen and oxygen atoms in total. The summed E-state index contributed by atoms with van der Waals surface area (Å²) in [5, 5.41) is 2.81. The zero-order chi connectivity index (χ0) is 12.1. The Hall–Kier alpha value is -2.01. The minimum absolute atomic E-state index is 0.135. The van der Waals surface area contributed by atoms with Crippen LogP contribution >= 0.6 is 0 Å². The number of rotatable bonds is 4. The van der Waals surface area contributed by atoms with E-state index < -0.39 is 0 Å². The van der Waals surface area contributed by atoms with E-state index >= 15 is 0 Å². The van der Waals surface area contributed by atoms with E-state index in [4.69, 9.17) is 5.73 Å². The standard InChI is InChI=1S/C12H14N4O/c13-5-2-6-16-12(17)9-3-1-4-10-11(9)15-8-7-14-10/h1,3-4,7-8H,2,5-6,13H2,(H,16,17). The van der Waals surface area contributed by atoms with Crippen molar-refractivity contribution in [2.24, 2.45) is 5.73 Å². The molecule has 2 rings (SSSR count). The quantitative estimate of drug-likeness (QED) is 0.758. The van der Waals surface area contributed by atoms with E-state index in [-0.39, 0.29) is 5.91 Å². The van der Waals surface area contributed by atoms with Crippen molar-refractivity contribution >= 4 is 16.9 Å². The third-order valence-electron chi connectivity index (χ3n) is 2.41. The van der Waals surface area contributed by atoms with Gasteiger partial charge in [-0.3, -0.25) is 14.8 Å². The summed E-state index contributed by atoms with van der Waals surface area (Å²) in [5.41, 5.74) is 7.27. The summed E-state index contributed by atoms with van der Waals surface area (Å²) in [6.07, 6.45) is 3.96. The molecule has 0 saturated carbocycles. The summed E-state index contributed by atoms with van der Waals surface area (Å²) in [5.74, 6) is -0.135. The van der Waals surface area contributed by atoms with Crippen molar-refractivity contribution in [3.8, 4) is 0 Å². The lowest BCUT2D eigenvalue weighted by molar-refractivity contribution is 0.0955. The van der Waals surface area contributed by atoms with Crippen LogP contribution in [0, 0.1) is 0 Å². The predicted molar refractivity (Wildman–Crippen MR) is 65.5 cm³/mol. The first-order valence-electron chi connectivity index (χ1n) is 5.51. The Kier molecular flexibility index (Phi) is 3.62. The largest absolute Gasteiger partial charge is 0.352 e. The number of hydrogen-bond acceptors (Lipinski definition) is 4. The summed E-state index contributed by atoms with van der Waals surface area (Å²) < 4.78 is 0. The van der Waals surface area contributed by atoms with Gasteiger partial charge in [0.1, 0.15) is 5.52 Å². The van der Waals surface area contributed by atoms with Gasteiger partial charge in [0.25, 0.3) is 5.91 Å². The lowest BCUT2D eigenvalue weighted by Crippen LogP contribution is -2.26. The van der Waals surface area contributed by atoms with Crippen molar-refractivity contribution < 1.29 is 4.79 Å². The van der Waals surface area contributed by atoms with Gasteiger partial charge in [-0.25, -0.2) is 0 Å². The van der Waals surface area contributed by atoms with Crippen molar-refractivity contribution in [3.05, 3.63) is 36.2 Å². The van der Waals surface area contributed by atoms with Crippen LogP contribution in [0.25, 0.3) is 11.0 Å². The van der Waals surface area contributed by atoms with Gasteiger partial charge in [0.2, 0.25) is 0 Å². The topological polar surface area (TPSA) is 80.9 Å². The van der Waals surface area contributed by atoms with Crippen LogP contribution in [-0.4, -0.2) is 29.0 Å². The van der Waals surface area contributed by atoms with E-state index in [1.807, 2.05) is 6.07 Å². The normalized spacial score (nSPS) is 10.4. The van der Waals surface area contributed by atoms with Crippen LogP contribution < -0.4 is 11.1 Å². The highest BCUT2D eigenvalue weighted by atomic mass is 16.1. The number of nitrogens with zero attached hydrogens (tertiary/aromatic N) is 2. The summed E-state index contributed by atoms with van der Waals surface area (Å²) in [6.45, 7) is 1.14. The van der Waals surface area contributed by atoms with E-state index in [1.165, 1.54) is 0 Å². The molecular formula is C12H14N4O. The first-order valence-corrected chi connectivity index (χ1v) is 5.51. The highest BCUT2D eigenvalue weighted by molar-refractivity contribution is 6.04. The van der Waals surface area contributed by atoms with Gasteiger partial charge >= 0.3 is 0 Å². The Balaban J connectivity index is 2.26. The number of nitrogens with two attached hydrogens (primary N) is 1. The molecule has 0 aliphatic heterocycles. The molecule has 88 valence electrons. The Morgan fingerprint density at radius 3 is 2.94 bits per heavy atom. The highest BCUT2D eigenvalue weighted by Gasteiger charge is 2.10. The van der Waals surface area contributed by atoms with Crippen molar-refractivity contribution in [2.75, 3.05) is 13.1 Å². The number of para-hydroxylation sites is 1. The number of aromatic nitrogens is 2. The first kappa shape index (κ1) is 11.5. The van der Waals surface area contributed by atoms with Gasteiger partial charge in [-0.15, -0.1) is 0 Å². The van der Waals surface area contributed by atoms with Crippen molar-refractivity contribution in [3.63, 3.8) is 0 Å². The Bertz CT molecular complexity index is 521. The fraction of sp³-hybridized carbons (Fsp3) is 0.250. The van der Waals surface area contributed by atoms with Gasteiger partial charge in [0.15, 0.2) is 0 Å². The fourth-order valence-electron chi connectivity index (χ4n) is 1.58. The van der Waals surface area contributed by atoms with Crippen LogP contribution in [0.2, 0.25) is 0 Å². The Morgan fingerprint density at radius 2 is 2.12 bits per heavy atom. The monoisotopic (exact) mass is 230 g/mol. The van der Waals surface area contributed by atoms with Crippen LogP contribution in [0.3, 0.4) is 0 Å². The minimum Gasteiger partial charge on any atom is -0.352 e. The van der Waals surface area contributed by atoms with E-state index in [2.05, 4.69) is 15.3 Å². The average molecular weight is 230 g/mol. The molecule has 5 heteroatoms. The molecule has 17 heavy (non-hydrogen) atoms. The van der Waals surface area contributed by atoms with Crippen molar-refractivity contribution in [1.82, 2.24) is 15.3 Å². The molecule has 0 spiro atoms. The molecule has 1 aromatic carbocycles. The molecule has 3 N–H and O–H groups in total. The van der Waals surface area contributed by atoms with Crippen LogP contribution in [-0.2, 0) is 0 Å². The Labute approximate surface area is 99.1 Å². The third-order valence-corrected chi connectivity index (χ3v) is 2.41. The van der Waals surface area contributed by atoms with Crippen molar-refractivity contribution in [2.45, 2.75) is 6.42 Å². The number of carbonyl (C=O) groups is 1. The second kappa shape index (κ2) is 5.36. The number of hydrogen-bond donors (Lipinski definition) is 2. The van der Waals surface area contributed by atoms with Gasteiger partial charge < -0.3 is 11.1 Å². The molecule has 2 aromatic rings. The molecule has 0 aliphatic rings. The van der Waals surface area contributed by atoms with Crippen LogP contribution in [0.5, 0.6) is 0 Å². The van der Waals surface area contributed by atoms with Gasteiger partial charge in [0, 0.05) is 18.9 Å². The number of carbonyl (C=O) groups excluding carboxylic acids is 1. The zero-order valence-electron chi connectivity index (χ0n) is 9.39. The number of amides is 1. The number of benzene rings is 1. The maximum atomic E-state index is 11.9. The molecule has 0 unspecified atom stereocenters. The molecule has 0 fully saturated rings. The van der Waals surface area contributed by atoms with Gasteiger partial charge in [0.05, 0.1) is 11.1 Å². The van der Waals surface area contributed by atoms with E-state index in [9.17, 15) is 4.79 Å². The molecule has 0 atom stereocenters. The maximum Gasteiger partial charge on any atom is 0.253 e. The molecule has 1 aromatic heterocycles. The maximum absolute atomic E-state index is 11.9. The molecule has 0 bridgehead atoms. The molecular weight excluding hydrogens is 216 g/mol. The lowest BCUT2D eigenvalue weighted by atomic mass is 10.1. The zero-order valence-corrected chi connectivity index (χ0v) is 9.39. The summed E-state index contributed by atoms with van der Waals surface area (Å²) in [6, 6.07) is 5.38. The summed E-state index contributed by atoms with van der Waals surface area (Å²) in [7, 11) is 0. The Morgan fingerprint density at radius 1 is 1.29 bits per heavy atom. The molecule has 0 saturated heterocycles. The second-order valence-electron chi connectivity index (χ2n) is 3.63. The highest BCUT2D eigenvalue weighted by Crippen LogP contribution is 2.13. The van der Waals surface area contributed by atoms with Crippen molar-refractivity contribution in [1.29, 1.82) is 0 Å². The second-order valence-corrected chi connectivity index (χ2v) is 3.63. The molecule has 0 aliphatic carbocycles. The SMILES string of the molecule is NCCCNC(=O)c1cccc2nccnc12. The van der Waals surface area contributed by atoms with E-state index in [1.54, 1.807) is 24.5 Å². The first-order chi connectivity index (χ1) is 8.33. The molecule has 1 heterocycles. The molecule has 1 amide bonds. The average Bonchev–Trinajstić information content (AvgIpc) is 2.38. The predicted octanol–water partition coefficient (Wildman–Crippen LogP) is 0.708. The fourth-order valence-corrected chi connectivity index (χ4v) is 1.58. The van der Waals surface area contributed by atoms with Gasteiger partial charge in [-0.05, 0) is 25.1 Å². The van der Waals surface area contributed by atoms with Gasteiger partial charge in [-0.1, -0.05) is 6.07 Å². The van der Waals surface area contributed by atoms with E-state index in [0.29, 0.717) is 24.2 Å². The van der Waals surface area contributed by atoms with Crippen LogP contribution in [0.1, 0.15) is 16.8 Å². The lowest BCUT2D eigenvalue weighted by Gasteiger charge is -2.06. The third kappa shape index (κ3) is 2.57. The number of fused-ring (bicyclic) bond motifs is 1. The van der Waals surface area contributed by atoms with E-state index in [0.717, 1.165) is 11.9 Å².